The van der Waals surface area contributed by atoms with Crippen LogP contribution in [0.5, 0.6) is 0 Å². The van der Waals surface area contributed by atoms with Gasteiger partial charge < -0.3 is 16.1 Å². The molecule has 0 aromatic carbocycles. The Morgan fingerprint density at radius 3 is 2.52 bits per heavy atom. The normalized spacial score (nSPS) is 8.24. The molecule has 9 heteroatoms. The van der Waals surface area contributed by atoms with Gasteiger partial charge in [-0.2, -0.15) is 0 Å². The molecule has 1 aromatic heterocycles. The number of rotatable bonds is 5. The molecule has 0 aliphatic heterocycles. The number of hydrogen-bond donors (Lipinski definition) is 4. The van der Waals surface area contributed by atoms with Gasteiger partial charge in [0.05, 0.1) is 0 Å². The summed E-state index contributed by atoms with van der Waals surface area (Å²) >= 11 is 0. The highest BCUT2D eigenvalue weighted by Gasteiger charge is 2.02. The van der Waals surface area contributed by atoms with E-state index >= 15 is 0 Å². The average Bonchev–Trinajstić information content (AvgIpc) is 2.37. The number of guanidine groups is 1. The second-order valence-corrected chi connectivity index (χ2v) is 3.75. The number of nitrogens with zero attached hydrogens (tertiary/aromatic N) is 1. The van der Waals surface area contributed by atoms with Crippen LogP contribution >= 0.6 is 34.0 Å². The quantitative estimate of drug-likeness (QED) is 0.416. The van der Waals surface area contributed by atoms with Crippen molar-refractivity contribution in [3.8, 4) is 0 Å². The molecule has 122 valence electrons. The molecule has 0 aliphatic carbocycles. The van der Waals surface area contributed by atoms with Crippen LogP contribution in [0.3, 0.4) is 0 Å². The van der Waals surface area contributed by atoms with Gasteiger partial charge in [-0.25, -0.2) is 4.79 Å². The minimum absolute atomic E-state index is 0. The SMILES string of the molecule is Br.Br.CCCNC(=O)NC(=N)NCCc1ccccn1.O. The summed E-state index contributed by atoms with van der Waals surface area (Å²) in [7, 11) is 0. The second-order valence-electron chi connectivity index (χ2n) is 3.75. The molecule has 21 heavy (non-hydrogen) atoms. The first-order valence-electron chi connectivity index (χ1n) is 5.99. The van der Waals surface area contributed by atoms with E-state index in [-0.39, 0.29) is 51.4 Å². The highest BCUT2D eigenvalue weighted by Crippen LogP contribution is 1.92. The van der Waals surface area contributed by atoms with E-state index in [1.807, 2.05) is 25.1 Å². The monoisotopic (exact) mass is 427 g/mol. The topological polar surface area (TPSA) is 121 Å². The van der Waals surface area contributed by atoms with E-state index in [2.05, 4.69) is 20.9 Å². The van der Waals surface area contributed by atoms with E-state index in [1.54, 1.807) is 6.20 Å². The smallest absolute Gasteiger partial charge is 0.321 e. The summed E-state index contributed by atoms with van der Waals surface area (Å²) < 4.78 is 0. The van der Waals surface area contributed by atoms with Crippen LogP contribution in [-0.4, -0.2) is 35.5 Å². The molecule has 1 heterocycles. The van der Waals surface area contributed by atoms with Crippen LogP contribution in [0.4, 0.5) is 4.79 Å². The summed E-state index contributed by atoms with van der Waals surface area (Å²) in [6.45, 7) is 3.13. The molecule has 0 saturated heterocycles. The van der Waals surface area contributed by atoms with Crippen LogP contribution in [0, 0.1) is 5.41 Å². The molecule has 0 atom stereocenters. The molecule has 7 nitrogen and oxygen atoms in total. The zero-order valence-electron chi connectivity index (χ0n) is 11.8. The third-order valence-electron chi connectivity index (χ3n) is 2.18. The number of halogens is 2. The lowest BCUT2D eigenvalue weighted by Crippen LogP contribution is -2.45. The molecule has 0 spiro atoms. The number of pyridine rings is 1. The standard InChI is InChI=1S/C12H19N5O.2BrH.H2O/c1-2-7-16-12(18)17-11(13)15-9-6-10-5-3-4-8-14-10;;;/h3-5,8H,2,6-7,9H2,1H3,(H4,13,15,16,17,18);2*1H;1H2. The first-order valence-corrected chi connectivity index (χ1v) is 5.99. The lowest BCUT2D eigenvalue weighted by atomic mass is 10.3. The van der Waals surface area contributed by atoms with Crippen molar-refractivity contribution >= 4 is 46.0 Å². The van der Waals surface area contributed by atoms with Gasteiger partial charge in [0.1, 0.15) is 0 Å². The van der Waals surface area contributed by atoms with Gasteiger partial charge in [-0.05, 0) is 18.6 Å². The van der Waals surface area contributed by atoms with Crippen molar-refractivity contribution in [2.24, 2.45) is 0 Å². The minimum Gasteiger partial charge on any atom is -0.412 e. The number of carbonyl (C=O) groups is 1. The maximum atomic E-state index is 11.2. The fourth-order valence-corrected chi connectivity index (χ4v) is 1.30. The fourth-order valence-electron chi connectivity index (χ4n) is 1.30. The van der Waals surface area contributed by atoms with Crippen LogP contribution in [0.2, 0.25) is 0 Å². The van der Waals surface area contributed by atoms with Crippen LogP contribution in [0.25, 0.3) is 0 Å². The van der Waals surface area contributed by atoms with E-state index < -0.39 is 0 Å². The highest BCUT2D eigenvalue weighted by molar-refractivity contribution is 8.93. The summed E-state index contributed by atoms with van der Waals surface area (Å²) in [4.78, 5) is 15.4. The van der Waals surface area contributed by atoms with E-state index in [4.69, 9.17) is 5.41 Å². The Bertz CT molecular complexity index is 392. The van der Waals surface area contributed by atoms with Crippen LogP contribution in [-0.2, 0) is 6.42 Å². The van der Waals surface area contributed by atoms with Gasteiger partial charge in [-0.15, -0.1) is 34.0 Å². The van der Waals surface area contributed by atoms with Gasteiger partial charge in [-0.3, -0.25) is 15.7 Å². The molecule has 0 radical (unpaired) electrons. The first kappa shape index (κ1) is 24.8. The number of carbonyl (C=O) groups excluding carboxylic acids is 1. The number of nitrogens with one attached hydrogen (secondary N) is 4. The third-order valence-corrected chi connectivity index (χ3v) is 2.18. The molecule has 0 unspecified atom stereocenters. The Kier molecular flexibility index (Phi) is 18.0. The van der Waals surface area contributed by atoms with Gasteiger partial charge >= 0.3 is 6.03 Å². The van der Waals surface area contributed by atoms with Gasteiger partial charge in [0.25, 0.3) is 0 Å². The predicted molar refractivity (Wildman–Crippen MR) is 94.8 cm³/mol. The zero-order chi connectivity index (χ0) is 13.2. The van der Waals surface area contributed by atoms with Crippen molar-refractivity contribution in [1.82, 2.24) is 20.9 Å². The molecular formula is C12H23Br2N5O2. The van der Waals surface area contributed by atoms with Gasteiger partial charge in [-0.1, -0.05) is 13.0 Å². The summed E-state index contributed by atoms with van der Waals surface area (Å²) in [5.74, 6) is -0.000431. The summed E-state index contributed by atoms with van der Waals surface area (Å²) in [6.07, 6.45) is 3.31. The fraction of sp³-hybridized carbons (Fsp3) is 0.417. The van der Waals surface area contributed by atoms with Crippen molar-refractivity contribution in [1.29, 1.82) is 5.41 Å². The van der Waals surface area contributed by atoms with E-state index in [0.29, 0.717) is 19.5 Å². The molecule has 2 amide bonds. The van der Waals surface area contributed by atoms with Gasteiger partial charge in [0, 0.05) is 31.4 Å². The third kappa shape index (κ3) is 12.3. The van der Waals surface area contributed by atoms with Gasteiger partial charge in [0.15, 0.2) is 5.96 Å². The second kappa shape index (κ2) is 15.2. The Morgan fingerprint density at radius 2 is 1.95 bits per heavy atom. The number of aromatic nitrogens is 1. The Morgan fingerprint density at radius 1 is 1.24 bits per heavy atom. The lowest BCUT2D eigenvalue weighted by molar-refractivity contribution is 0.245. The lowest BCUT2D eigenvalue weighted by Gasteiger charge is -2.09. The predicted octanol–water partition coefficient (Wildman–Crippen LogP) is 1.19. The molecule has 1 rings (SSSR count). The van der Waals surface area contributed by atoms with Crippen LogP contribution < -0.4 is 16.0 Å². The summed E-state index contributed by atoms with van der Waals surface area (Å²) in [5, 5.41) is 15.4. The van der Waals surface area contributed by atoms with E-state index in [1.165, 1.54) is 0 Å². The Balaban J connectivity index is -0.00000108. The molecule has 0 bridgehead atoms. The van der Waals surface area contributed by atoms with Crippen molar-refractivity contribution in [2.75, 3.05) is 13.1 Å². The summed E-state index contributed by atoms with van der Waals surface area (Å²) in [6, 6.07) is 5.35. The van der Waals surface area contributed by atoms with Crippen LogP contribution in [0.15, 0.2) is 24.4 Å². The van der Waals surface area contributed by atoms with Crippen molar-refractivity contribution in [3.63, 3.8) is 0 Å². The maximum Gasteiger partial charge on any atom is 0.321 e. The molecule has 6 N–H and O–H groups in total. The molecular weight excluding hydrogens is 406 g/mol. The largest absolute Gasteiger partial charge is 0.412 e. The number of amides is 2. The molecule has 0 saturated carbocycles. The zero-order valence-corrected chi connectivity index (χ0v) is 15.2. The van der Waals surface area contributed by atoms with Gasteiger partial charge in [0.2, 0.25) is 0 Å². The van der Waals surface area contributed by atoms with Crippen LogP contribution in [0.1, 0.15) is 19.0 Å². The van der Waals surface area contributed by atoms with E-state index in [9.17, 15) is 4.79 Å². The van der Waals surface area contributed by atoms with E-state index in [0.717, 1.165) is 12.1 Å². The number of hydrogen-bond acceptors (Lipinski definition) is 3. The molecule has 0 aliphatic rings. The van der Waals surface area contributed by atoms with Crippen molar-refractivity contribution in [3.05, 3.63) is 30.1 Å². The molecule has 1 aromatic rings. The van der Waals surface area contributed by atoms with Crippen molar-refractivity contribution < 1.29 is 10.3 Å². The first-order chi connectivity index (χ1) is 8.72. The summed E-state index contributed by atoms with van der Waals surface area (Å²) in [5.41, 5.74) is 0.952. The minimum atomic E-state index is -0.354. The highest BCUT2D eigenvalue weighted by atomic mass is 79.9. The Hall–Kier alpha value is -1.19. The van der Waals surface area contributed by atoms with Crippen molar-refractivity contribution in [2.45, 2.75) is 19.8 Å². The molecule has 0 fully saturated rings. The maximum absolute atomic E-state index is 11.2. The average molecular weight is 429 g/mol. The Labute approximate surface area is 145 Å². The number of urea groups is 1.